The lowest BCUT2D eigenvalue weighted by molar-refractivity contribution is 0.0954. The van der Waals surface area contributed by atoms with Crippen molar-refractivity contribution in [2.45, 2.75) is 26.2 Å². The number of hydrogen-bond donors (Lipinski definition) is 3. The summed E-state index contributed by atoms with van der Waals surface area (Å²) in [6.45, 7) is 5.65. The molecule has 0 bridgehead atoms. The summed E-state index contributed by atoms with van der Waals surface area (Å²) in [7, 11) is 1.74. The third kappa shape index (κ3) is 8.03. The van der Waals surface area contributed by atoms with Crippen molar-refractivity contribution in [2.24, 2.45) is 10.9 Å². The molecular formula is C19H30N4O2. The number of ether oxygens (including phenoxy) is 1. The molecule has 2 rings (SSSR count). The summed E-state index contributed by atoms with van der Waals surface area (Å²) in [4.78, 5) is 16.2. The second-order valence-electron chi connectivity index (χ2n) is 6.42. The summed E-state index contributed by atoms with van der Waals surface area (Å²) in [5.41, 5.74) is 1.77. The molecule has 1 amide bonds. The molecule has 0 heterocycles. The predicted molar refractivity (Wildman–Crippen MR) is 101 cm³/mol. The highest BCUT2D eigenvalue weighted by Crippen LogP contribution is 2.28. The lowest BCUT2D eigenvalue weighted by Crippen LogP contribution is -2.42. The van der Waals surface area contributed by atoms with E-state index in [-0.39, 0.29) is 5.91 Å². The van der Waals surface area contributed by atoms with Crippen molar-refractivity contribution >= 4 is 11.9 Å². The Balaban J connectivity index is 1.52. The van der Waals surface area contributed by atoms with Crippen LogP contribution in [0.5, 0.6) is 0 Å². The fraction of sp³-hybridized carbons (Fsp3) is 0.579. The number of hydrogen-bond acceptors (Lipinski definition) is 3. The average molecular weight is 346 g/mol. The Labute approximate surface area is 150 Å². The Hall–Kier alpha value is -2.08. The van der Waals surface area contributed by atoms with Gasteiger partial charge < -0.3 is 20.7 Å². The predicted octanol–water partition coefficient (Wildman–Crippen LogP) is 1.71. The van der Waals surface area contributed by atoms with Gasteiger partial charge in [0.25, 0.3) is 5.91 Å². The molecule has 1 fully saturated rings. The van der Waals surface area contributed by atoms with Crippen LogP contribution in [-0.4, -0.2) is 51.8 Å². The molecule has 25 heavy (non-hydrogen) atoms. The molecule has 0 atom stereocenters. The van der Waals surface area contributed by atoms with Gasteiger partial charge in [0.1, 0.15) is 0 Å². The number of guanidine groups is 1. The molecule has 0 saturated heterocycles. The molecule has 3 N–H and O–H groups in total. The molecule has 1 saturated carbocycles. The molecule has 1 aliphatic rings. The van der Waals surface area contributed by atoms with Crippen LogP contribution < -0.4 is 16.0 Å². The highest BCUT2D eigenvalue weighted by Gasteiger charge is 2.20. The first-order chi connectivity index (χ1) is 12.2. The van der Waals surface area contributed by atoms with Gasteiger partial charge in [0.05, 0.1) is 0 Å². The minimum atomic E-state index is -0.0544. The molecule has 138 valence electrons. The SMILES string of the molecule is CN=C(NCCCOCC1CC1)NCCNC(=O)c1cccc(C)c1. The molecule has 0 aromatic heterocycles. The van der Waals surface area contributed by atoms with E-state index < -0.39 is 0 Å². The van der Waals surface area contributed by atoms with Crippen LogP contribution in [0.25, 0.3) is 0 Å². The molecule has 1 aliphatic carbocycles. The minimum absolute atomic E-state index is 0.0544. The van der Waals surface area contributed by atoms with Gasteiger partial charge in [-0.15, -0.1) is 0 Å². The van der Waals surface area contributed by atoms with E-state index in [4.69, 9.17) is 4.74 Å². The van der Waals surface area contributed by atoms with Gasteiger partial charge in [0, 0.05) is 45.5 Å². The van der Waals surface area contributed by atoms with Crippen LogP contribution in [0.15, 0.2) is 29.3 Å². The fourth-order valence-electron chi connectivity index (χ4n) is 2.38. The van der Waals surface area contributed by atoms with Crippen molar-refractivity contribution in [3.63, 3.8) is 0 Å². The van der Waals surface area contributed by atoms with Crippen LogP contribution in [0, 0.1) is 12.8 Å². The molecule has 1 aromatic carbocycles. The first-order valence-electron chi connectivity index (χ1n) is 9.06. The largest absolute Gasteiger partial charge is 0.381 e. The summed E-state index contributed by atoms with van der Waals surface area (Å²) >= 11 is 0. The molecular weight excluding hydrogens is 316 g/mol. The van der Waals surface area contributed by atoms with Crippen molar-refractivity contribution in [1.82, 2.24) is 16.0 Å². The van der Waals surface area contributed by atoms with E-state index in [0.29, 0.717) is 18.7 Å². The van der Waals surface area contributed by atoms with Gasteiger partial charge in [0.2, 0.25) is 0 Å². The Bertz CT molecular complexity index is 570. The fourth-order valence-corrected chi connectivity index (χ4v) is 2.38. The highest BCUT2D eigenvalue weighted by molar-refractivity contribution is 5.94. The highest BCUT2D eigenvalue weighted by atomic mass is 16.5. The number of nitrogens with one attached hydrogen (secondary N) is 3. The molecule has 6 nitrogen and oxygen atoms in total. The Kier molecular flexibility index (Phi) is 8.25. The van der Waals surface area contributed by atoms with E-state index in [1.807, 2.05) is 31.2 Å². The summed E-state index contributed by atoms with van der Waals surface area (Å²) in [6, 6.07) is 7.57. The van der Waals surface area contributed by atoms with Crippen molar-refractivity contribution in [3.8, 4) is 0 Å². The zero-order valence-electron chi connectivity index (χ0n) is 15.3. The Morgan fingerprint density at radius 2 is 1.96 bits per heavy atom. The van der Waals surface area contributed by atoms with E-state index in [1.165, 1.54) is 12.8 Å². The zero-order chi connectivity index (χ0) is 17.9. The van der Waals surface area contributed by atoms with Gasteiger partial charge in [-0.05, 0) is 44.2 Å². The average Bonchev–Trinajstić information content (AvgIpc) is 3.43. The number of amides is 1. The van der Waals surface area contributed by atoms with E-state index in [1.54, 1.807) is 7.05 Å². The summed E-state index contributed by atoms with van der Waals surface area (Å²) in [6.07, 6.45) is 3.61. The van der Waals surface area contributed by atoms with E-state index in [0.717, 1.165) is 43.6 Å². The maximum Gasteiger partial charge on any atom is 0.251 e. The molecule has 6 heteroatoms. The van der Waals surface area contributed by atoms with Crippen LogP contribution in [0.2, 0.25) is 0 Å². The van der Waals surface area contributed by atoms with Crippen LogP contribution >= 0.6 is 0 Å². The van der Waals surface area contributed by atoms with Gasteiger partial charge in [-0.25, -0.2) is 0 Å². The van der Waals surface area contributed by atoms with E-state index in [2.05, 4.69) is 20.9 Å². The summed E-state index contributed by atoms with van der Waals surface area (Å²) < 4.78 is 5.60. The number of nitrogens with zero attached hydrogens (tertiary/aromatic N) is 1. The van der Waals surface area contributed by atoms with Gasteiger partial charge >= 0.3 is 0 Å². The van der Waals surface area contributed by atoms with Crippen LogP contribution in [-0.2, 0) is 4.74 Å². The van der Waals surface area contributed by atoms with E-state index in [9.17, 15) is 4.79 Å². The topological polar surface area (TPSA) is 74.8 Å². The standard InChI is InChI=1S/C19H30N4O2/c1-15-5-3-6-17(13-15)18(24)21-10-11-23-19(20-2)22-9-4-12-25-14-16-7-8-16/h3,5-6,13,16H,4,7-12,14H2,1-2H3,(H,21,24)(H2,20,22,23). The number of aryl methyl sites for hydroxylation is 1. The molecule has 0 aliphatic heterocycles. The summed E-state index contributed by atoms with van der Waals surface area (Å²) in [5.74, 6) is 1.51. The molecule has 1 aromatic rings. The quantitative estimate of drug-likeness (QED) is 0.342. The number of aliphatic imine (C=N–C) groups is 1. The van der Waals surface area contributed by atoms with Crippen molar-refractivity contribution in [1.29, 1.82) is 0 Å². The van der Waals surface area contributed by atoms with Gasteiger partial charge in [-0.2, -0.15) is 0 Å². The normalized spacial score (nSPS) is 14.2. The van der Waals surface area contributed by atoms with Crippen LogP contribution in [0.4, 0.5) is 0 Å². The summed E-state index contributed by atoms with van der Waals surface area (Å²) in [5, 5.41) is 9.34. The maximum atomic E-state index is 12.0. The van der Waals surface area contributed by atoms with Crippen molar-refractivity contribution < 1.29 is 9.53 Å². The van der Waals surface area contributed by atoms with Gasteiger partial charge in [-0.3, -0.25) is 9.79 Å². The smallest absolute Gasteiger partial charge is 0.251 e. The number of rotatable bonds is 10. The second-order valence-corrected chi connectivity index (χ2v) is 6.42. The molecule has 0 radical (unpaired) electrons. The Morgan fingerprint density at radius 3 is 2.68 bits per heavy atom. The first kappa shape index (κ1) is 19.2. The van der Waals surface area contributed by atoms with E-state index >= 15 is 0 Å². The van der Waals surface area contributed by atoms with Crippen molar-refractivity contribution in [2.75, 3.05) is 39.9 Å². The van der Waals surface area contributed by atoms with Crippen LogP contribution in [0.3, 0.4) is 0 Å². The molecule has 0 unspecified atom stereocenters. The first-order valence-corrected chi connectivity index (χ1v) is 9.06. The number of carbonyl (C=O) groups excluding carboxylic acids is 1. The monoisotopic (exact) mass is 346 g/mol. The Morgan fingerprint density at radius 1 is 1.20 bits per heavy atom. The van der Waals surface area contributed by atoms with Gasteiger partial charge in [0.15, 0.2) is 5.96 Å². The second kappa shape index (κ2) is 10.7. The zero-order valence-corrected chi connectivity index (χ0v) is 15.3. The maximum absolute atomic E-state index is 12.0. The minimum Gasteiger partial charge on any atom is -0.381 e. The van der Waals surface area contributed by atoms with Crippen molar-refractivity contribution in [3.05, 3.63) is 35.4 Å². The van der Waals surface area contributed by atoms with Crippen LogP contribution in [0.1, 0.15) is 35.2 Å². The lowest BCUT2D eigenvalue weighted by atomic mass is 10.1. The molecule has 0 spiro atoms. The third-order valence-electron chi connectivity index (χ3n) is 4.02. The number of carbonyl (C=O) groups is 1. The lowest BCUT2D eigenvalue weighted by Gasteiger charge is -2.12. The van der Waals surface area contributed by atoms with Gasteiger partial charge in [-0.1, -0.05) is 17.7 Å². The number of benzene rings is 1. The third-order valence-corrected chi connectivity index (χ3v) is 4.02.